The van der Waals surface area contributed by atoms with Gasteiger partial charge < -0.3 is 15.2 Å². The minimum absolute atomic E-state index is 0. The number of hydrogen-bond donors (Lipinski definition) is 2. The van der Waals surface area contributed by atoms with Crippen LogP contribution in [0.5, 0.6) is 0 Å². The summed E-state index contributed by atoms with van der Waals surface area (Å²) in [6.07, 6.45) is 2.34. The Morgan fingerprint density at radius 1 is 1.13 bits per heavy atom. The molecule has 0 aliphatic rings. The summed E-state index contributed by atoms with van der Waals surface area (Å²) in [6.45, 7) is 6.42. The average molecular weight is 538 g/mol. The highest BCUT2D eigenvalue weighted by atomic mass is 127. The number of aliphatic imine (C=N–C) groups is 1. The first-order chi connectivity index (χ1) is 14.2. The number of rotatable bonds is 9. The van der Waals surface area contributed by atoms with Gasteiger partial charge in [-0.3, -0.25) is 9.98 Å². The van der Waals surface area contributed by atoms with Crippen molar-refractivity contribution in [1.29, 1.82) is 0 Å². The van der Waals surface area contributed by atoms with Crippen LogP contribution in [0.1, 0.15) is 19.7 Å². The first kappa shape index (κ1) is 24.1. The smallest absolute Gasteiger partial charge is 0.276 e. The molecule has 9 heteroatoms. The second-order valence-corrected chi connectivity index (χ2v) is 7.88. The van der Waals surface area contributed by atoms with E-state index in [0.29, 0.717) is 35.6 Å². The van der Waals surface area contributed by atoms with Crippen LogP contribution in [-0.4, -0.2) is 46.0 Å². The largest absolute Gasteiger partial charge is 0.357 e. The number of benzene rings is 1. The Labute approximate surface area is 198 Å². The minimum Gasteiger partial charge on any atom is -0.357 e. The number of nitrogens with zero attached hydrogens (tertiary/aromatic N) is 4. The van der Waals surface area contributed by atoms with E-state index in [4.69, 9.17) is 9.52 Å². The molecule has 2 aromatic heterocycles. The topological polar surface area (TPSA) is 88.2 Å². The summed E-state index contributed by atoms with van der Waals surface area (Å²) in [4.78, 5) is 14.6. The second-order valence-electron chi connectivity index (χ2n) is 6.37. The molecular weight excluding hydrogens is 511 g/mol. The summed E-state index contributed by atoms with van der Waals surface area (Å²) in [6, 6.07) is 16.0. The van der Waals surface area contributed by atoms with E-state index in [1.54, 1.807) is 6.20 Å². The van der Waals surface area contributed by atoms with Gasteiger partial charge in [0.2, 0.25) is 0 Å². The SMILES string of the molecule is CCNC(=NCC(C)Sc1ccccc1)NCCc1noc(-c2ccccn2)n1.I. The van der Waals surface area contributed by atoms with E-state index in [1.165, 1.54) is 4.90 Å². The molecule has 0 amide bonds. The molecule has 0 aliphatic carbocycles. The molecule has 3 rings (SSSR count). The van der Waals surface area contributed by atoms with E-state index in [-0.39, 0.29) is 24.0 Å². The van der Waals surface area contributed by atoms with E-state index < -0.39 is 0 Å². The highest BCUT2D eigenvalue weighted by Gasteiger charge is 2.10. The van der Waals surface area contributed by atoms with Crippen molar-refractivity contribution < 1.29 is 4.52 Å². The highest BCUT2D eigenvalue weighted by molar-refractivity contribution is 14.0. The van der Waals surface area contributed by atoms with Crippen molar-refractivity contribution in [2.45, 2.75) is 30.4 Å². The predicted molar refractivity (Wildman–Crippen MR) is 132 cm³/mol. The normalized spacial score (nSPS) is 12.1. The molecule has 2 N–H and O–H groups in total. The lowest BCUT2D eigenvalue weighted by atomic mass is 10.3. The fraction of sp³-hybridized carbons (Fsp3) is 0.333. The quantitative estimate of drug-likeness (QED) is 0.184. The molecule has 7 nitrogen and oxygen atoms in total. The molecule has 0 radical (unpaired) electrons. The molecule has 0 bridgehead atoms. The molecule has 3 aromatic rings. The van der Waals surface area contributed by atoms with Gasteiger partial charge in [-0.15, -0.1) is 35.7 Å². The van der Waals surface area contributed by atoms with Gasteiger partial charge in [0.25, 0.3) is 5.89 Å². The third-order valence-corrected chi connectivity index (χ3v) is 5.02. The lowest BCUT2D eigenvalue weighted by molar-refractivity contribution is 0.421. The Hall–Kier alpha value is -2.14. The van der Waals surface area contributed by atoms with Gasteiger partial charge in [0.05, 0.1) is 6.54 Å². The number of halogens is 1. The number of nitrogens with one attached hydrogen (secondary N) is 2. The zero-order valence-corrected chi connectivity index (χ0v) is 20.3. The fourth-order valence-electron chi connectivity index (χ4n) is 2.57. The molecule has 160 valence electrons. The third-order valence-electron chi connectivity index (χ3n) is 3.92. The third kappa shape index (κ3) is 7.94. The lowest BCUT2D eigenvalue weighted by Crippen LogP contribution is -2.38. The van der Waals surface area contributed by atoms with Crippen LogP contribution in [0.25, 0.3) is 11.6 Å². The van der Waals surface area contributed by atoms with Gasteiger partial charge in [-0.1, -0.05) is 36.3 Å². The van der Waals surface area contributed by atoms with Crippen LogP contribution in [0.15, 0.2) is 69.1 Å². The maximum absolute atomic E-state index is 5.29. The average Bonchev–Trinajstić information content (AvgIpc) is 3.22. The van der Waals surface area contributed by atoms with E-state index in [1.807, 2.05) is 36.0 Å². The zero-order chi connectivity index (χ0) is 20.3. The Morgan fingerprint density at radius 2 is 1.93 bits per heavy atom. The fourth-order valence-corrected chi connectivity index (χ4v) is 3.50. The van der Waals surface area contributed by atoms with Crippen LogP contribution < -0.4 is 10.6 Å². The molecule has 0 fully saturated rings. The monoisotopic (exact) mass is 538 g/mol. The summed E-state index contributed by atoms with van der Waals surface area (Å²) in [5.41, 5.74) is 0.680. The Bertz CT molecular complexity index is 891. The standard InChI is InChI=1S/C21H26N6OS.HI/c1-3-22-21(25-15-16(2)29-17-9-5-4-6-10-17)24-14-12-19-26-20(28-27-19)18-11-7-8-13-23-18;/h4-11,13,16H,3,12,14-15H2,1-2H3,(H2,22,24,25);1H. The summed E-state index contributed by atoms with van der Waals surface area (Å²) in [7, 11) is 0. The minimum atomic E-state index is 0. The molecule has 0 saturated heterocycles. The van der Waals surface area contributed by atoms with E-state index >= 15 is 0 Å². The maximum Gasteiger partial charge on any atom is 0.276 e. The maximum atomic E-state index is 5.29. The molecule has 0 spiro atoms. The summed E-state index contributed by atoms with van der Waals surface area (Å²) >= 11 is 1.82. The molecule has 30 heavy (non-hydrogen) atoms. The summed E-state index contributed by atoms with van der Waals surface area (Å²) in [5, 5.41) is 11.0. The van der Waals surface area contributed by atoms with E-state index in [9.17, 15) is 0 Å². The highest BCUT2D eigenvalue weighted by Crippen LogP contribution is 2.22. The number of guanidine groups is 1. The van der Waals surface area contributed by atoms with E-state index in [2.05, 4.69) is 63.9 Å². The van der Waals surface area contributed by atoms with E-state index in [0.717, 1.165) is 19.0 Å². The van der Waals surface area contributed by atoms with Gasteiger partial charge in [-0.25, -0.2) is 0 Å². The molecule has 1 atom stereocenters. The molecule has 2 heterocycles. The van der Waals surface area contributed by atoms with Crippen molar-refractivity contribution in [2.24, 2.45) is 4.99 Å². The molecule has 1 unspecified atom stereocenters. The molecule has 0 aliphatic heterocycles. The van der Waals surface area contributed by atoms with Crippen molar-refractivity contribution in [3.63, 3.8) is 0 Å². The van der Waals surface area contributed by atoms with Crippen molar-refractivity contribution in [1.82, 2.24) is 25.8 Å². The number of hydrogen-bond acceptors (Lipinski definition) is 6. The summed E-state index contributed by atoms with van der Waals surface area (Å²) in [5.74, 6) is 1.87. The van der Waals surface area contributed by atoms with Crippen LogP contribution in [0, 0.1) is 0 Å². The van der Waals surface area contributed by atoms with Crippen molar-refractivity contribution >= 4 is 41.7 Å². The Balaban J connectivity index is 0.00000320. The number of pyridine rings is 1. The van der Waals surface area contributed by atoms with Gasteiger partial charge in [-0.05, 0) is 31.2 Å². The van der Waals surface area contributed by atoms with Gasteiger partial charge in [0, 0.05) is 35.9 Å². The van der Waals surface area contributed by atoms with Gasteiger partial charge in [-0.2, -0.15) is 4.98 Å². The van der Waals surface area contributed by atoms with Crippen LogP contribution in [-0.2, 0) is 6.42 Å². The van der Waals surface area contributed by atoms with Crippen LogP contribution >= 0.6 is 35.7 Å². The van der Waals surface area contributed by atoms with Crippen LogP contribution in [0.3, 0.4) is 0 Å². The summed E-state index contributed by atoms with van der Waals surface area (Å²) < 4.78 is 5.29. The Morgan fingerprint density at radius 3 is 2.67 bits per heavy atom. The predicted octanol–water partition coefficient (Wildman–Crippen LogP) is 4.03. The van der Waals surface area contributed by atoms with Gasteiger partial charge in [0.1, 0.15) is 5.69 Å². The lowest BCUT2D eigenvalue weighted by Gasteiger charge is -2.13. The van der Waals surface area contributed by atoms with Gasteiger partial charge >= 0.3 is 0 Å². The molecular formula is C21H27IN6OS. The van der Waals surface area contributed by atoms with Gasteiger partial charge in [0.15, 0.2) is 11.8 Å². The zero-order valence-electron chi connectivity index (χ0n) is 17.1. The second kappa shape index (κ2) is 13.2. The van der Waals surface area contributed by atoms with Crippen molar-refractivity contribution in [3.05, 3.63) is 60.6 Å². The van der Waals surface area contributed by atoms with Crippen molar-refractivity contribution in [2.75, 3.05) is 19.6 Å². The number of thioether (sulfide) groups is 1. The van der Waals surface area contributed by atoms with Crippen molar-refractivity contribution in [3.8, 4) is 11.6 Å². The van der Waals surface area contributed by atoms with Crippen LogP contribution in [0.4, 0.5) is 0 Å². The molecule has 1 aromatic carbocycles. The molecule has 0 saturated carbocycles. The number of aromatic nitrogens is 3. The van der Waals surface area contributed by atoms with Crippen LogP contribution in [0.2, 0.25) is 0 Å². The first-order valence-corrected chi connectivity index (χ1v) is 10.6. The Kier molecular flexibility index (Phi) is 10.6. The first-order valence-electron chi connectivity index (χ1n) is 9.72.